The van der Waals surface area contributed by atoms with Gasteiger partial charge in [0, 0.05) is 19.8 Å². The summed E-state index contributed by atoms with van der Waals surface area (Å²) in [5.74, 6) is 0.636. The third-order valence-electron chi connectivity index (χ3n) is 3.26. The number of hydrogen-bond acceptors (Lipinski definition) is 7. The Morgan fingerprint density at radius 2 is 2.16 bits per heavy atom. The van der Waals surface area contributed by atoms with Gasteiger partial charge in [-0.2, -0.15) is 4.37 Å². The SMILES string of the molecule is CCS(=O)(=O)c1c(N)nsc1NCC1CCOCC1. The van der Waals surface area contributed by atoms with Crippen LogP contribution < -0.4 is 11.1 Å². The minimum Gasteiger partial charge on any atom is -0.382 e. The molecule has 0 spiro atoms. The second kappa shape index (κ2) is 6.06. The second-order valence-corrected chi connectivity index (χ2v) is 7.55. The van der Waals surface area contributed by atoms with E-state index in [1.165, 1.54) is 0 Å². The van der Waals surface area contributed by atoms with Gasteiger partial charge < -0.3 is 15.8 Å². The minimum atomic E-state index is -3.33. The molecule has 3 N–H and O–H groups in total. The smallest absolute Gasteiger partial charge is 0.184 e. The van der Waals surface area contributed by atoms with Crippen LogP contribution in [0.25, 0.3) is 0 Å². The Labute approximate surface area is 117 Å². The monoisotopic (exact) mass is 305 g/mol. The number of nitrogens with one attached hydrogen (secondary N) is 1. The van der Waals surface area contributed by atoms with E-state index >= 15 is 0 Å². The molecule has 0 aliphatic carbocycles. The van der Waals surface area contributed by atoms with E-state index < -0.39 is 9.84 Å². The van der Waals surface area contributed by atoms with Crippen LogP contribution >= 0.6 is 11.5 Å². The number of aromatic nitrogens is 1. The average Bonchev–Trinajstić information content (AvgIpc) is 2.79. The molecule has 6 nitrogen and oxygen atoms in total. The number of nitrogens with zero attached hydrogens (tertiary/aromatic N) is 1. The lowest BCUT2D eigenvalue weighted by Crippen LogP contribution is -2.23. The summed E-state index contributed by atoms with van der Waals surface area (Å²) < 4.78 is 33.2. The summed E-state index contributed by atoms with van der Waals surface area (Å²) in [5, 5.41) is 3.75. The van der Waals surface area contributed by atoms with E-state index in [0.29, 0.717) is 10.9 Å². The first-order valence-corrected chi connectivity index (χ1v) is 8.76. The standard InChI is InChI=1S/C11H19N3O3S2/c1-2-19(15,16)9-10(12)14-18-11(9)13-7-8-3-5-17-6-4-8/h8,13H,2-7H2,1H3,(H2,12,14). The van der Waals surface area contributed by atoms with Crippen LogP contribution in [-0.4, -0.2) is 38.3 Å². The van der Waals surface area contributed by atoms with Gasteiger partial charge in [-0.3, -0.25) is 0 Å². The van der Waals surface area contributed by atoms with Crippen molar-refractivity contribution in [3.63, 3.8) is 0 Å². The Morgan fingerprint density at radius 3 is 2.79 bits per heavy atom. The number of rotatable bonds is 5. The number of nitrogens with two attached hydrogens (primary N) is 1. The molecule has 2 heterocycles. The van der Waals surface area contributed by atoms with E-state index in [4.69, 9.17) is 10.5 Å². The van der Waals surface area contributed by atoms with Crippen molar-refractivity contribution < 1.29 is 13.2 Å². The van der Waals surface area contributed by atoms with Crippen LogP contribution in [0, 0.1) is 5.92 Å². The zero-order chi connectivity index (χ0) is 13.9. The van der Waals surface area contributed by atoms with E-state index in [9.17, 15) is 8.42 Å². The maximum atomic E-state index is 12.0. The Hall–Kier alpha value is -0.860. The lowest BCUT2D eigenvalue weighted by molar-refractivity contribution is 0.0699. The fourth-order valence-corrected chi connectivity index (χ4v) is 4.21. The average molecular weight is 305 g/mol. The minimum absolute atomic E-state index is 0.0293. The zero-order valence-electron chi connectivity index (χ0n) is 10.9. The van der Waals surface area contributed by atoms with Crippen molar-refractivity contribution in [3.8, 4) is 0 Å². The highest BCUT2D eigenvalue weighted by molar-refractivity contribution is 7.91. The summed E-state index contributed by atoms with van der Waals surface area (Å²) in [6, 6.07) is 0. The first kappa shape index (κ1) is 14.5. The van der Waals surface area contributed by atoms with Gasteiger partial charge in [-0.05, 0) is 30.3 Å². The van der Waals surface area contributed by atoms with Crippen molar-refractivity contribution in [2.75, 3.05) is 36.6 Å². The van der Waals surface area contributed by atoms with Gasteiger partial charge in [0.05, 0.1) is 5.75 Å². The first-order valence-electron chi connectivity index (χ1n) is 6.34. The molecule has 0 saturated carbocycles. The normalized spacial score (nSPS) is 17.5. The number of nitrogen functional groups attached to an aromatic ring is 1. The van der Waals surface area contributed by atoms with E-state index in [1.54, 1.807) is 6.92 Å². The van der Waals surface area contributed by atoms with Crippen molar-refractivity contribution >= 4 is 32.2 Å². The highest BCUT2D eigenvalue weighted by Crippen LogP contribution is 2.32. The van der Waals surface area contributed by atoms with Gasteiger partial charge >= 0.3 is 0 Å². The van der Waals surface area contributed by atoms with Gasteiger partial charge in [-0.25, -0.2) is 8.42 Å². The molecule has 108 valence electrons. The quantitative estimate of drug-likeness (QED) is 0.853. The summed E-state index contributed by atoms with van der Waals surface area (Å²) >= 11 is 1.11. The van der Waals surface area contributed by atoms with Gasteiger partial charge in [0.2, 0.25) is 0 Å². The molecule has 8 heteroatoms. The Bertz CT molecular complexity index is 521. The molecule has 1 fully saturated rings. The molecule has 1 aliphatic rings. The van der Waals surface area contributed by atoms with Crippen LogP contribution in [0.3, 0.4) is 0 Å². The maximum absolute atomic E-state index is 12.0. The molecule has 0 bridgehead atoms. The van der Waals surface area contributed by atoms with Crippen LogP contribution in [0.2, 0.25) is 0 Å². The fourth-order valence-electron chi connectivity index (χ4n) is 2.04. The van der Waals surface area contributed by atoms with Crippen molar-refractivity contribution in [2.24, 2.45) is 5.92 Å². The Balaban J connectivity index is 2.08. The van der Waals surface area contributed by atoms with E-state index in [-0.39, 0.29) is 16.5 Å². The maximum Gasteiger partial charge on any atom is 0.184 e. The Morgan fingerprint density at radius 1 is 1.47 bits per heavy atom. The molecule has 0 radical (unpaired) electrons. The first-order chi connectivity index (χ1) is 9.04. The summed E-state index contributed by atoms with van der Waals surface area (Å²) in [6.45, 7) is 3.89. The molecule has 0 atom stereocenters. The second-order valence-electron chi connectivity index (χ2n) is 4.57. The van der Waals surface area contributed by atoms with Crippen molar-refractivity contribution in [2.45, 2.75) is 24.7 Å². The van der Waals surface area contributed by atoms with Crippen LogP contribution in [-0.2, 0) is 14.6 Å². The van der Waals surface area contributed by atoms with Crippen molar-refractivity contribution in [3.05, 3.63) is 0 Å². The molecule has 2 rings (SSSR count). The zero-order valence-corrected chi connectivity index (χ0v) is 12.5. The molecular weight excluding hydrogens is 286 g/mol. The molecule has 1 aromatic rings. The molecular formula is C11H19N3O3S2. The van der Waals surface area contributed by atoms with Crippen LogP contribution in [0.4, 0.5) is 10.8 Å². The van der Waals surface area contributed by atoms with Gasteiger partial charge in [-0.1, -0.05) is 6.92 Å². The third-order valence-corrected chi connectivity index (χ3v) is 6.00. The lowest BCUT2D eigenvalue weighted by Gasteiger charge is -2.22. The molecule has 1 saturated heterocycles. The van der Waals surface area contributed by atoms with Gasteiger partial charge in [0.25, 0.3) is 0 Å². The molecule has 0 amide bonds. The predicted octanol–water partition coefficient (Wildman–Crippen LogP) is 1.36. The predicted molar refractivity (Wildman–Crippen MR) is 76.3 cm³/mol. The number of ether oxygens (including phenoxy) is 1. The number of hydrogen-bond donors (Lipinski definition) is 2. The summed E-state index contributed by atoms with van der Waals surface area (Å²) in [4.78, 5) is 0.159. The number of sulfone groups is 1. The summed E-state index contributed by atoms with van der Waals surface area (Å²) in [7, 11) is -3.33. The summed E-state index contributed by atoms with van der Waals surface area (Å²) in [5.41, 5.74) is 5.67. The molecule has 1 aliphatic heterocycles. The van der Waals surface area contributed by atoms with Gasteiger partial charge in [0.15, 0.2) is 15.7 Å². The fraction of sp³-hybridized carbons (Fsp3) is 0.727. The van der Waals surface area contributed by atoms with E-state index in [0.717, 1.165) is 44.1 Å². The molecule has 0 unspecified atom stereocenters. The topological polar surface area (TPSA) is 94.3 Å². The van der Waals surface area contributed by atoms with Crippen LogP contribution in [0.1, 0.15) is 19.8 Å². The van der Waals surface area contributed by atoms with E-state index in [2.05, 4.69) is 9.69 Å². The van der Waals surface area contributed by atoms with Gasteiger partial charge in [0.1, 0.15) is 9.90 Å². The largest absolute Gasteiger partial charge is 0.382 e. The highest BCUT2D eigenvalue weighted by Gasteiger charge is 2.24. The van der Waals surface area contributed by atoms with Crippen molar-refractivity contribution in [1.82, 2.24) is 4.37 Å². The summed E-state index contributed by atoms with van der Waals surface area (Å²) in [6.07, 6.45) is 1.99. The van der Waals surface area contributed by atoms with Crippen LogP contribution in [0.5, 0.6) is 0 Å². The molecule has 1 aromatic heterocycles. The third kappa shape index (κ3) is 3.37. The van der Waals surface area contributed by atoms with Gasteiger partial charge in [-0.15, -0.1) is 0 Å². The number of anilines is 2. The molecule has 19 heavy (non-hydrogen) atoms. The Kier molecular flexibility index (Phi) is 4.64. The highest BCUT2D eigenvalue weighted by atomic mass is 32.2. The lowest BCUT2D eigenvalue weighted by atomic mass is 10.0. The van der Waals surface area contributed by atoms with E-state index in [1.807, 2.05) is 0 Å². The van der Waals surface area contributed by atoms with Crippen molar-refractivity contribution in [1.29, 1.82) is 0 Å². The van der Waals surface area contributed by atoms with Crippen LogP contribution in [0.15, 0.2) is 4.90 Å². The molecule has 0 aromatic carbocycles.